The normalized spacial score (nSPS) is 10.7. The van der Waals surface area contributed by atoms with Gasteiger partial charge < -0.3 is 9.82 Å². The van der Waals surface area contributed by atoms with Gasteiger partial charge in [-0.25, -0.2) is 9.78 Å². The van der Waals surface area contributed by atoms with Gasteiger partial charge in [0.1, 0.15) is 5.82 Å². The Kier molecular flexibility index (Phi) is 6.57. The Morgan fingerprint density at radius 2 is 1.85 bits per heavy atom. The second kappa shape index (κ2) is 9.31. The van der Waals surface area contributed by atoms with Crippen LogP contribution in [0.4, 0.5) is 0 Å². The van der Waals surface area contributed by atoms with Crippen molar-refractivity contribution in [2.45, 2.75) is 19.3 Å². The molecule has 0 atom stereocenters. The van der Waals surface area contributed by atoms with Crippen molar-refractivity contribution in [3.8, 4) is 11.3 Å². The van der Waals surface area contributed by atoms with Crippen molar-refractivity contribution >= 4 is 21.9 Å². The molecule has 3 rings (SSSR count). The van der Waals surface area contributed by atoms with Crippen molar-refractivity contribution < 1.29 is 9.63 Å². The maximum atomic E-state index is 11.8. The SMILES string of the molecule is O=C(ONCCCCc1ncc(-c2ccc(Br)cc2)[nH]1)c1ccccc1. The Morgan fingerprint density at radius 1 is 1.08 bits per heavy atom. The largest absolute Gasteiger partial charge is 0.367 e. The molecule has 0 unspecified atom stereocenters. The molecule has 0 radical (unpaired) electrons. The number of unbranched alkanes of at least 4 members (excludes halogenated alkanes) is 1. The van der Waals surface area contributed by atoms with Crippen molar-refractivity contribution in [2.24, 2.45) is 0 Å². The minimum Gasteiger partial charge on any atom is -0.367 e. The summed E-state index contributed by atoms with van der Waals surface area (Å²) >= 11 is 3.44. The van der Waals surface area contributed by atoms with Crippen LogP contribution in [0.3, 0.4) is 0 Å². The van der Waals surface area contributed by atoms with Gasteiger partial charge in [-0.2, -0.15) is 5.48 Å². The molecule has 0 aliphatic heterocycles. The topological polar surface area (TPSA) is 67.0 Å². The summed E-state index contributed by atoms with van der Waals surface area (Å²) < 4.78 is 1.06. The molecule has 0 saturated heterocycles. The van der Waals surface area contributed by atoms with Crippen LogP contribution in [-0.2, 0) is 11.3 Å². The van der Waals surface area contributed by atoms with Crippen LogP contribution in [0.1, 0.15) is 29.0 Å². The molecule has 2 aromatic carbocycles. The highest BCUT2D eigenvalue weighted by atomic mass is 79.9. The molecule has 0 spiro atoms. The van der Waals surface area contributed by atoms with E-state index in [9.17, 15) is 4.79 Å². The molecule has 0 fully saturated rings. The molecule has 134 valence electrons. The van der Waals surface area contributed by atoms with Gasteiger partial charge in [0, 0.05) is 17.4 Å². The van der Waals surface area contributed by atoms with Gasteiger partial charge >= 0.3 is 5.97 Å². The fourth-order valence-corrected chi connectivity index (χ4v) is 2.77. The standard InChI is InChI=1S/C20H20BrN3O2/c21-17-11-9-15(10-12-17)18-14-22-19(24-18)8-4-5-13-23-26-20(25)16-6-2-1-3-7-16/h1-3,6-7,9-12,14,23H,4-5,8,13H2,(H,22,24). The second-order valence-electron chi connectivity index (χ2n) is 5.86. The third-order valence-corrected chi connectivity index (χ3v) is 4.43. The van der Waals surface area contributed by atoms with E-state index < -0.39 is 0 Å². The number of benzene rings is 2. The van der Waals surface area contributed by atoms with Crippen LogP contribution >= 0.6 is 15.9 Å². The zero-order valence-corrected chi connectivity index (χ0v) is 15.8. The number of H-pyrrole nitrogens is 1. The fraction of sp³-hybridized carbons (Fsp3) is 0.200. The van der Waals surface area contributed by atoms with Crippen LogP contribution in [0.5, 0.6) is 0 Å². The Bertz CT molecular complexity index is 832. The summed E-state index contributed by atoms with van der Waals surface area (Å²) in [5, 5.41) is 0. The van der Waals surface area contributed by atoms with Crippen LogP contribution in [0.2, 0.25) is 0 Å². The zero-order valence-electron chi connectivity index (χ0n) is 14.2. The molecular weight excluding hydrogens is 394 g/mol. The molecule has 6 heteroatoms. The van der Waals surface area contributed by atoms with Gasteiger partial charge in [-0.05, 0) is 42.7 Å². The van der Waals surface area contributed by atoms with E-state index in [1.54, 1.807) is 12.1 Å². The van der Waals surface area contributed by atoms with Gasteiger partial charge in [-0.1, -0.05) is 46.3 Å². The monoisotopic (exact) mass is 413 g/mol. The van der Waals surface area contributed by atoms with E-state index >= 15 is 0 Å². The summed E-state index contributed by atoms with van der Waals surface area (Å²) in [7, 11) is 0. The number of halogens is 1. The number of aromatic amines is 1. The Balaban J connectivity index is 1.35. The highest BCUT2D eigenvalue weighted by Gasteiger charge is 2.06. The van der Waals surface area contributed by atoms with Crippen LogP contribution in [-0.4, -0.2) is 22.5 Å². The number of imidazole rings is 1. The molecule has 0 bridgehead atoms. The summed E-state index contributed by atoms with van der Waals surface area (Å²) in [6.45, 7) is 0.610. The fourth-order valence-electron chi connectivity index (χ4n) is 2.51. The number of aromatic nitrogens is 2. The third kappa shape index (κ3) is 5.28. The van der Waals surface area contributed by atoms with E-state index in [-0.39, 0.29) is 5.97 Å². The predicted molar refractivity (Wildman–Crippen MR) is 105 cm³/mol. The minimum absolute atomic E-state index is 0.365. The number of carbonyl (C=O) groups excluding carboxylic acids is 1. The summed E-state index contributed by atoms with van der Waals surface area (Å²) in [6, 6.07) is 17.1. The average molecular weight is 414 g/mol. The summed E-state index contributed by atoms with van der Waals surface area (Å²) in [4.78, 5) is 24.6. The molecular formula is C20H20BrN3O2. The van der Waals surface area contributed by atoms with Crippen LogP contribution in [0.25, 0.3) is 11.3 Å². The molecule has 3 aromatic rings. The summed E-state index contributed by atoms with van der Waals surface area (Å²) in [6.07, 6.45) is 4.54. The lowest BCUT2D eigenvalue weighted by molar-refractivity contribution is 0.0251. The second-order valence-corrected chi connectivity index (χ2v) is 6.77. The van der Waals surface area contributed by atoms with E-state index in [0.29, 0.717) is 12.1 Å². The molecule has 0 aliphatic carbocycles. The molecule has 1 heterocycles. The first-order valence-corrected chi connectivity index (χ1v) is 9.30. The Hall–Kier alpha value is -2.44. The summed E-state index contributed by atoms with van der Waals surface area (Å²) in [5.41, 5.74) is 5.39. The lowest BCUT2D eigenvalue weighted by Gasteiger charge is -2.05. The molecule has 5 nitrogen and oxygen atoms in total. The molecule has 0 aliphatic rings. The number of carbonyl (C=O) groups is 1. The van der Waals surface area contributed by atoms with Crippen LogP contribution in [0.15, 0.2) is 65.3 Å². The minimum atomic E-state index is -0.365. The van der Waals surface area contributed by atoms with E-state index in [1.807, 2.05) is 48.7 Å². The zero-order chi connectivity index (χ0) is 18.2. The van der Waals surface area contributed by atoms with E-state index in [0.717, 1.165) is 40.8 Å². The highest BCUT2D eigenvalue weighted by molar-refractivity contribution is 9.10. The molecule has 0 amide bonds. The van der Waals surface area contributed by atoms with Crippen LogP contribution < -0.4 is 5.48 Å². The Morgan fingerprint density at radius 3 is 2.62 bits per heavy atom. The van der Waals surface area contributed by atoms with Crippen molar-refractivity contribution in [1.29, 1.82) is 0 Å². The average Bonchev–Trinajstić information content (AvgIpc) is 3.14. The van der Waals surface area contributed by atoms with Gasteiger partial charge in [0.05, 0.1) is 17.5 Å². The van der Waals surface area contributed by atoms with Crippen LogP contribution in [0, 0.1) is 0 Å². The smallest absolute Gasteiger partial charge is 0.356 e. The van der Waals surface area contributed by atoms with Crippen molar-refractivity contribution in [1.82, 2.24) is 15.4 Å². The number of nitrogens with one attached hydrogen (secondary N) is 2. The first-order chi connectivity index (χ1) is 12.7. The Labute approximate surface area is 160 Å². The predicted octanol–water partition coefficient (Wildman–Crippen LogP) is 4.52. The molecule has 26 heavy (non-hydrogen) atoms. The number of hydrogen-bond donors (Lipinski definition) is 2. The maximum Gasteiger partial charge on any atom is 0.356 e. The van der Waals surface area contributed by atoms with E-state index in [4.69, 9.17) is 4.84 Å². The van der Waals surface area contributed by atoms with Gasteiger partial charge in [-0.15, -0.1) is 0 Å². The molecule has 0 saturated carbocycles. The van der Waals surface area contributed by atoms with Crippen molar-refractivity contribution in [2.75, 3.05) is 6.54 Å². The number of hydrogen-bond acceptors (Lipinski definition) is 4. The lowest BCUT2D eigenvalue weighted by Crippen LogP contribution is -2.21. The first kappa shape index (κ1) is 18.4. The van der Waals surface area contributed by atoms with Gasteiger partial charge in [0.15, 0.2) is 0 Å². The number of rotatable bonds is 8. The number of aryl methyl sites for hydroxylation is 1. The van der Waals surface area contributed by atoms with Gasteiger partial charge in [0.25, 0.3) is 0 Å². The first-order valence-electron chi connectivity index (χ1n) is 8.51. The van der Waals surface area contributed by atoms with Crippen molar-refractivity contribution in [3.05, 3.63) is 76.7 Å². The molecule has 2 N–H and O–H groups in total. The van der Waals surface area contributed by atoms with Crippen molar-refractivity contribution in [3.63, 3.8) is 0 Å². The third-order valence-electron chi connectivity index (χ3n) is 3.90. The lowest BCUT2D eigenvalue weighted by atomic mass is 10.2. The highest BCUT2D eigenvalue weighted by Crippen LogP contribution is 2.20. The van der Waals surface area contributed by atoms with E-state index in [1.165, 1.54) is 0 Å². The number of nitrogens with zero attached hydrogens (tertiary/aromatic N) is 1. The van der Waals surface area contributed by atoms with E-state index in [2.05, 4.69) is 31.4 Å². The summed E-state index contributed by atoms with van der Waals surface area (Å²) in [5.74, 6) is 0.597. The maximum absolute atomic E-state index is 11.8. The number of hydroxylamine groups is 1. The van der Waals surface area contributed by atoms with Gasteiger partial charge in [0.2, 0.25) is 0 Å². The quantitative estimate of drug-likeness (QED) is 0.420. The molecule has 1 aromatic heterocycles. The van der Waals surface area contributed by atoms with Gasteiger partial charge in [-0.3, -0.25) is 0 Å².